The Hall–Kier alpha value is -1.77. The molecule has 3 aromatic rings. The summed E-state index contributed by atoms with van der Waals surface area (Å²) < 4.78 is 8.31. The first kappa shape index (κ1) is 12.3. The number of rotatable bonds is 3. The van der Waals surface area contributed by atoms with Crippen LogP contribution in [0.2, 0.25) is 0 Å². The zero-order valence-electron chi connectivity index (χ0n) is 10.5. The van der Waals surface area contributed by atoms with Crippen LogP contribution in [0.25, 0.3) is 9.65 Å². The maximum atomic E-state index is 12.4. The summed E-state index contributed by atoms with van der Waals surface area (Å²) in [6.45, 7) is 0.664. The van der Waals surface area contributed by atoms with Gasteiger partial charge in [-0.05, 0) is 0 Å². The van der Waals surface area contributed by atoms with Crippen molar-refractivity contribution in [1.82, 2.24) is 3.56 Å². The van der Waals surface area contributed by atoms with Crippen LogP contribution in [0.5, 0.6) is 5.75 Å². The quantitative estimate of drug-likeness (QED) is 0.693. The van der Waals surface area contributed by atoms with Gasteiger partial charge in [0.15, 0.2) is 0 Å². The van der Waals surface area contributed by atoms with Crippen molar-refractivity contribution in [2.45, 2.75) is 6.54 Å². The molecule has 3 rings (SSSR count). The fourth-order valence-corrected chi connectivity index (χ4v) is 4.41. The van der Waals surface area contributed by atoms with Crippen molar-refractivity contribution < 1.29 is 4.74 Å². The van der Waals surface area contributed by atoms with Gasteiger partial charge in [0.1, 0.15) is 0 Å². The van der Waals surface area contributed by atoms with Gasteiger partial charge in [0.05, 0.1) is 0 Å². The van der Waals surface area contributed by atoms with Gasteiger partial charge in [-0.15, -0.1) is 0 Å². The third-order valence-corrected chi connectivity index (χ3v) is 5.37. The molecule has 2 aromatic carbocycles. The van der Waals surface area contributed by atoms with Gasteiger partial charge in [0.25, 0.3) is 0 Å². The van der Waals surface area contributed by atoms with E-state index in [0.29, 0.717) is 6.54 Å². The molecule has 0 aliphatic heterocycles. The second kappa shape index (κ2) is 5.08. The molecule has 1 heterocycles. The monoisotopic (exact) mass is 319 g/mol. The minimum atomic E-state index is -0.00510. The van der Waals surface area contributed by atoms with Gasteiger partial charge in [-0.2, -0.15) is 0 Å². The van der Waals surface area contributed by atoms with Crippen LogP contribution < -0.4 is 10.3 Å². The van der Waals surface area contributed by atoms with Gasteiger partial charge >= 0.3 is 117 Å². The molecule has 96 valence electrons. The molecule has 0 radical (unpaired) electrons. The molecule has 0 N–H and O–H groups in total. The molecule has 3 nitrogen and oxygen atoms in total. The third kappa shape index (κ3) is 2.25. The number of aromatic nitrogens is 1. The van der Waals surface area contributed by atoms with Crippen molar-refractivity contribution in [3.8, 4) is 5.75 Å². The van der Waals surface area contributed by atoms with Crippen molar-refractivity contribution in [1.29, 1.82) is 0 Å². The Morgan fingerprint density at radius 3 is 2.63 bits per heavy atom. The molecule has 0 amide bonds. The van der Waals surface area contributed by atoms with E-state index in [1.54, 1.807) is 7.11 Å². The average molecular weight is 318 g/mol. The standard InChI is InChI=1S/C15H13NO2Se/c1-18-13-9-5-8-12-14(13)19-16(15(12)17)10-11-6-3-2-4-7-11/h2-9H,10H2,1H3. The Morgan fingerprint density at radius 2 is 1.89 bits per heavy atom. The number of nitrogens with zero attached hydrogens (tertiary/aromatic N) is 1. The Kier molecular flexibility index (Phi) is 3.28. The van der Waals surface area contributed by atoms with Crippen LogP contribution in [-0.2, 0) is 6.54 Å². The van der Waals surface area contributed by atoms with Crippen molar-refractivity contribution in [3.05, 3.63) is 64.4 Å². The van der Waals surface area contributed by atoms with E-state index in [0.717, 1.165) is 21.0 Å². The average Bonchev–Trinajstić information content (AvgIpc) is 2.77. The van der Waals surface area contributed by atoms with Crippen molar-refractivity contribution in [2.75, 3.05) is 7.11 Å². The molecule has 0 spiro atoms. The molecule has 0 bridgehead atoms. The molecular weight excluding hydrogens is 305 g/mol. The fourth-order valence-electron chi connectivity index (χ4n) is 2.08. The molecule has 0 atom stereocenters. The Morgan fingerprint density at radius 1 is 1.11 bits per heavy atom. The molecule has 0 unspecified atom stereocenters. The topological polar surface area (TPSA) is 31.2 Å². The van der Waals surface area contributed by atoms with E-state index in [9.17, 15) is 4.79 Å². The van der Waals surface area contributed by atoms with E-state index >= 15 is 0 Å². The van der Waals surface area contributed by atoms with Crippen LogP contribution in [0, 0.1) is 0 Å². The summed E-state index contributed by atoms with van der Waals surface area (Å²) in [7, 11) is 1.65. The number of benzene rings is 2. The number of ether oxygens (including phenoxy) is 1. The van der Waals surface area contributed by atoms with Crippen molar-refractivity contribution in [2.24, 2.45) is 0 Å². The second-order valence-electron chi connectivity index (χ2n) is 4.26. The van der Waals surface area contributed by atoms with E-state index in [-0.39, 0.29) is 20.3 Å². The predicted octanol–water partition coefficient (Wildman–Crippen LogP) is 2.12. The summed E-state index contributed by atoms with van der Waals surface area (Å²) in [5, 5.41) is 0.787. The van der Waals surface area contributed by atoms with Gasteiger partial charge < -0.3 is 0 Å². The summed E-state index contributed by atoms with van der Waals surface area (Å²) >= 11 is -0.00510. The van der Waals surface area contributed by atoms with E-state index in [1.807, 2.05) is 52.1 Å². The Labute approximate surface area is 117 Å². The molecule has 0 saturated carbocycles. The molecule has 4 heteroatoms. The summed E-state index contributed by atoms with van der Waals surface area (Å²) in [5.41, 5.74) is 1.27. The SMILES string of the molecule is COc1cccc2c(=O)n(Cc3ccccc3)[se]c12. The van der Waals surface area contributed by atoms with E-state index in [4.69, 9.17) is 4.74 Å². The first-order chi connectivity index (χ1) is 9.29. The predicted molar refractivity (Wildman–Crippen MR) is 77.2 cm³/mol. The first-order valence-electron chi connectivity index (χ1n) is 6.00. The molecule has 19 heavy (non-hydrogen) atoms. The zero-order valence-corrected chi connectivity index (χ0v) is 12.2. The Bertz CT molecular complexity index is 759. The molecule has 0 aliphatic rings. The fraction of sp³-hybridized carbons (Fsp3) is 0.133. The molecule has 1 aromatic heterocycles. The van der Waals surface area contributed by atoms with Crippen LogP contribution in [0.4, 0.5) is 0 Å². The van der Waals surface area contributed by atoms with E-state index in [2.05, 4.69) is 0 Å². The van der Waals surface area contributed by atoms with Gasteiger partial charge in [-0.25, -0.2) is 0 Å². The normalized spacial score (nSPS) is 10.8. The van der Waals surface area contributed by atoms with Crippen LogP contribution in [0.3, 0.4) is 0 Å². The van der Waals surface area contributed by atoms with Gasteiger partial charge in [-0.1, -0.05) is 0 Å². The van der Waals surface area contributed by atoms with Gasteiger partial charge in [0.2, 0.25) is 0 Å². The minimum absolute atomic E-state index is 0.00510. The number of hydrogen-bond donors (Lipinski definition) is 0. The second-order valence-corrected chi connectivity index (χ2v) is 6.42. The van der Waals surface area contributed by atoms with Gasteiger partial charge in [0, 0.05) is 0 Å². The van der Waals surface area contributed by atoms with Crippen LogP contribution in [-0.4, -0.2) is 25.4 Å². The number of hydrogen-bond acceptors (Lipinski definition) is 2. The molecule has 0 aliphatic carbocycles. The van der Waals surface area contributed by atoms with Gasteiger partial charge in [-0.3, -0.25) is 0 Å². The Balaban J connectivity index is 2.10. The maximum absolute atomic E-state index is 12.4. The number of fused-ring (bicyclic) bond motifs is 1. The summed E-state index contributed by atoms with van der Waals surface area (Å²) in [6.07, 6.45) is 0. The third-order valence-electron chi connectivity index (χ3n) is 3.03. The van der Waals surface area contributed by atoms with Crippen molar-refractivity contribution >= 4 is 24.4 Å². The first-order valence-corrected chi connectivity index (χ1v) is 7.62. The summed E-state index contributed by atoms with van der Waals surface area (Å²) in [5.74, 6) is 0.821. The molecule has 0 fully saturated rings. The molecular formula is C15H13NO2Se. The van der Waals surface area contributed by atoms with Crippen LogP contribution in [0.15, 0.2) is 53.3 Å². The van der Waals surface area contributed by atoms with Crippen LogP contribution >= 0.6 is 0 Å². The van der Waals surface area contributed by atoms with Crippen LogP contribution in [0.1, 0.15) is 5.56 Å². The number of methoxy groups -OCH3 is 1. The summed E-state index contributed by atoms with van der Waals surface area (Å²) in [4.78, 5) is 12.4. The molecule has 0 saturated heterocycles. The van der Waals surface area contributed by atoms with Crippen molar-refractivity contribution in [3.63, 3.8) is 0 Å². The summed E-state index contributed by atoms with van der Waals surface area (Å²) in [6, 6.07) is 15.7. The van der Waals surface area contributed by atoms with E-state index in [1.165, 1.54) is 0 Å². The van der Waals surface area contributed by atoms with E-state index < -0.39 is 0 Å². The zero-order chi connectivity index (χ0) is 13.2.